The third-order valence-corrected chi connectivity index (χ3v) is 4.39. The molecule has 22 heavy (non-hydrogen) atoms. The number of carbonyl (C=O) groups is 1. The van der Waals surface area contributed by atoms with Crippen LogP contribution in [0.25, 0.3) is 0 Å². The van der Waals surface area contributed by atoms with Crippen molar-refractivity contribution in [3.63, 3.8) is 0 Å². The van der Waals surface area contributed by atoms with Crippen molar-refractivity contribution in [2.75, 3.05) is 29.9 Å². The van der Waals surface area contributed by atoms with Crippen molar-refractivity contribution in [3.8, 4) is 0 Å². The number of anilines is 1. The van der Waals surface area contributed by atoms with Crippen LogP contribution in [0.3, 0.4) is 0 Å². The molecule has 2 rings (SSSR count). The molecule has 1 aromatic carbocycles. The van der Waals surface area contributed by atoms with Crippen LogP contribution < -0.4 is 11.1 Å². The lowest BCUT2D eigenvalue weighted by Gasteiger charge is -2.27. The van der Waals surface area contributed by atoms with Crippen molar-refractivity contribution in [1.82, 2.24) is 4.90 Å². The van der Waals surface area contributed by atoms with Crippen molar-refractivity contribution >= 4 is 29.3 Å². The summed E-state index contributed by atoms with van der Waals surface area (Å²) in [7, 11) is 0. The molecule has 3 N–H and O–H groups in total. The van der Waals surface area contributed by atoms with E-state index in [-0.39, 0.29) is 5.91 Å². The number of carbonyl (C=O) groups excluding carboxylic acids is 1. The Hall–Kier alpha value is -1.69. The summed E-state index contributed by atoms with van der Waals surface area (Å²) < 4.78 is 0. The highest BCUT2D eigenvalue weighted by atomic mass is 32.2. The molecular formula is C16H24N4OS. The molecule has 1 fully saturated rings. The molecule has 0 saturated carbocycles. The largest absolute Gasteiger partial charge is 0.370 e. The Kier molecular flexibility index (Phi) is 6.58. The maximum absolute atomic E-state index is 11.6. The minimum Gasteiger partial charge on any atom is -0.370 e. The van der Waals surface area contributed by atoms with Crippen LogP contribution in [-0.4, -0.2) is 41.4 Å². The summed E-state index contributed by atoms with van der Waals surface area (Å²) >= 11 is 1.95. The van der Waals surface area contributed by atoms with Gasteiger partial charge in [-0.05, 0) is 24.1 Å². The Bertz CT molecular complexity index is 527. The lowest BCUT2D eigenvalue weighted by Crippen LogP contribution is -2.42. The first-order valence-corrected chi connectivity index (χ1v) is 8.86. The zero-order valence-corrected chi connectivity index (χ0v) is 13.9. The summed E-state index contributed by atoms with van der Waals surface area (Å²) in [5, 5.41) is 2.90. The Labute approximate surface area is 136 Å². The number of nitrogens with one attached hydrogen (secondary N) is 1. The standard InChI is InChI=1S/C16H24N4OS/c1-2-4-15(21)19-14-6-3-5-13(11-14)12-18-16(17)20-7-9-22-10-8-20/h3,5-6,11H,2,4,7-10,12H2,1H3,(H2,17,18)(H,19,21). The number of aliphatic imine (C=N–C) groups is 1. The second-order valence-corrected chi connectivity index (χ2v) is 6.50. The monoisotopic (exact) mass is 320 g/mol. The summed E-state index contributed by atoms with van der Waals surface area (Å²) in [5.41, 5.74) is 7.92. The molecule has 1 amide bonds. The molecule has 120 valence electrons. The van der Waals surface area contributed by atoms with E-state index in [1.165, 1.54) is 0 Å². The quantitative estimate of drug-likeness (QED) is 0.645. The van der Waals surface area contributed by atoms with Gasteiger partial charge in [0.05, 0.1) is 6.54 Å². The van der Waals surface area contributed by atoms with Gasteiger partial charge in [0.25, 0.3) is 0 Å². The molecule has 0 spiro atoms. The van der Waals surface area contributed by atoms with Crippen LogP contribution in [0, 0.1) is 0 Å². The zero-order chi connectivity index (χ0) is 15.8. The first kappa shape index (κ1) is 16.7. The van der Waals surface area contributed by atoms with E-state index in [0.29, 0.717) is 18.9 Å². The van der Waals surface area contributed by atoms with E-state index in [0.717, 1.165) is 42.3 Å². The second kappa shape index (κ2) is 8.68. The molecule has 0 aliphatic carbocycles. The minimum atomic E-state index is 0.0495. The molecule has 0 unspecified atom stereocenters. The highest BCUT2D eigenvalue weighted by Gasteiger charge is 2.11. The van der Waals surface area contributed by atoms with Crippen molar-refractivity contribution < 1.29 is 4.79 Å². The fraction of sp³-hybridized carbons (Fsp3) is 0.500. The Balaban J connectivity index is 1.93. The van der Waals surface area contributed by atoms with E-state index in [1.54, 1.807) is 0 Å². The lowest BCUT2D eigenvalue weighted by atomic mass is 10.2. The summed E-state index contributed by atoms with van der Waals surface area (Å²) in [6.45, 7) is 4.46. The van der Waals surface area contributed by atoms with Gasteiger partial charge in [0.15, 0.2) is 5.96 Å². The maximum atomic E-state index is 11.6. The highest BCUT2D eigenvalue weighted by Crippen LogP contribution is 2.13. The Morgan fingerprint density at radius 3 is 2.91 bits per heavy atom. The number of benzene rings is 1. The fourth-order valence-electron chi connectivity index (χ4n) is 2.26. The van der Waals surface area contributed by atoms with Crippen LogP contribution in [0.2, 0.25) is 0 Å². The first-order valence-electron chi connectivity index (χ1n) is 7.70. The maximum Gasteiger partial charge on any atom is 0.224 e. The van der Waals surface area contributed by atoms with Crippen molar-refractivity contribution in [2.45, 2.75) is 26.3 Å². The van der Waals surface area contributed by atoms with Gasteiger partial charge >= 0.3 is 0 Å². The van der Waals surface area contributed by atoms with Gasteiger partial charge in [-0.15, -0.1) is 0 Å². The van der Waals surface area contributed by atoms with Crippen LogP contribution in [0.1, 0.15) is 25.3 Å². The fourth-order valence-corrected chi connectivity index (χ4v) is 3.17. The van der Waals surface area contributed by atoms with Gasteiger partial charge in [-0.25, -0.2) is 4.99 Å². The summed E-state index contributed by atoms with van der Waals surface area (Å²) in [4.78, 5) is 18.2. The Morgan fingerprint density at radius 1 is 1.41 bits per heavy atom. The number of rotatable bonds is 5. The van der Waals surface area contributed by atoms with Gasteiger partial charge in [-0.2, -0.15) is 11.8 Å². The number of guanidine groups is 1. The molecule has 1 saturated heterocycles. The summed E-state index contributed by atoms with van der Waals surface area (Å²) in [6.07, 6.45) is 1.39. The lowest BCUT2D eigenvalue weighted by molar-refractivity contribution is -0.116. The predicted octanol–water partition coefficient (Wildman–Crippen LogP) is 2.29. The zero-order valence-electron chi connectivity index (χ0n) is 13.0. The summed E-state index contributed by atoms with van der Waals surface area (Å²) in [6, 6.07) is 7.78. The third-order valence-electron chi connectivity index (χ3n) is 3.45. The van der Waals surface area contributed by atoms with Crippen LogP contribution in [0.15, 0.2) is 29.3 Å². The van der Waals surface area contributed by atoms with Gasteiger partial charge < -0.3 is 16.0 Å². The number of thioether (sulfide) groups is 1. The van der Waals surface area contributed by atoms with E-state index < -0.39 is 0 Å². The average Bonchev–Trinajstić information content (AvgIpc) is 2.54. The van der Waals surface area contributed by atoms with Crippen LogP contribution in [0.4, 0.5) is 5.69 Å². The van der Waals surface area contributed by atoms with Gasteiger partial charge in [-0.1, -0.05) is 19.1 Å². The SMILES string of the molecule is CCCC(=O)Nc1cccc(CN=C(N)N2CCSCC2)c1. The summed E-state index contributed by atoms with van der Waals surface area (Å²) in [5.74, 6) is 2.87. The van der Waals surface area contributed by atoms with E-state index in [9.17, 15) is 4.79 Å². The smallest absolute Gasteiger partial charge is 0.224 e. The Morgan fingerprint density at radius 2 is 2.18 bits per heavy atom. The normalized spacial score (nSPS) is 15.7. The average molecular weight is 320 g/mol. The molecule has 0 aromatic heterocycles. The van der Waals surface area contributed by atoms with E-state index >= 15 is 0 Å². The first-order chi connectivity index (χ1) is 10.7. The van der Waals surface area contributed by atoms with Gasteiger partial charge in [-0.3, -0.25) is 4.79 Å². The number of nitrogens with two attached hydrogens (primary N) is 1. The topological polar surface area (TPSA) is 70.7 Å². The molecule has 1 aromatic rings. The van der Waals surface area contributed by atoms with Gasteiger partial charge in [0, 0.05) is 36.7 Å². The van der Waals surface area contributed by atoms with Crippen LogP contribution in [-0.2, 0) is 11.3 Å². The molecule has 1 aliphatic rings. The van der Waals surface area contributed by atoms with E-state index in [1.807, 2.05) is 43.0 Å². The van der Waals surface area contributed by atoms with Crippen molar-refractivity contribution in [2.24, 2.45) is 10.7 Å². The number of nitrogens with zero attached hydrogens (tertiary/aromatic N) is 2. The van der Waals surface area contributed by atoms with Gasteiger partial charge in [0.1, 0.15) is 0 Å². The highest BCUT2D eigenvalue weighted by molar-refractivity contribution is 7.99. The predicted molar refractivity (Wildman–Crippen MR) is 94.2 cm³/mol. The molecule has 5 nitrogen and oxygen atoms in total. The molecule has 1 heterocycles. The van der Waals surface area contributed by atoms with Crippen molar-refractivity contribution in [3.05, 3.63) is 29.8 Å². The third kappa shape index (κ3) is 5.26. The molecule has 0 bridgehead atoms. The van der Waals surface area contributed by atoms with Crippen LogP contribution in [0.5, 0.6) is 0 Å². The number of hydrogen-bond acceptors (Lipinski definition) is 3. The minimum absolute atomic E-state index is 0.0495. The second-order valence-electron chi connectivity index (χ2n) is 5.27. The number of hydrogen-bond donors (Lipinski definition) is 2. The molecule has 1 aliphatic heterocycles. The molecule has 0 atom stereocenters. The van der Waals surface area contributed by atoms with E-state index in [2.05, 4.69) is 15.2 Å². The van der Waals surface area contributed by atoms with E-state index in [4.69, 9.17) is 5.73 Å². The molecular weight excluding hydrogens is 296 g/mol. The van der Waals surface area contributed by atoms with Crippen LogP contribution >= 0.6 is 11.8 Å². The molecule has 0 radical (unpaired) electrons. The van der Waals surface area contributed by atoms with Crippen molar-refractivity contribution in [1.29, 1.82) is 0 Å². The van der Waals surface area contributed by atoms with Gasteiger partial charge in [0.2, 0.25) is 5.91 Å². The molecule has 6 heteroatoms. The number of amides is 1.